The van der Waals surface area contributed by atoms with Gasteiger partial charge in [0.25, 0.3) is 0 Å². The zero-order valence-corrected chi connectivity index (χ0v) is 10.9. The quantitative estimate of drug-likeness (QED) is 0.623. The van der Waals surface area contributed by atoms with Crippen molar-refractivity contribution in [2.75, 3.05) is 14.2 Å². The van der Waals surface area contributed by atoms with Crippen LogP contribution in [0.1, 0.15) is 16.5 Å². The number of nitrogens with two attached hydrogens (primary N) is 1. The minimum Gasteiger partial charge on any atom is -0.497 e. The average Bonchev–Trinajstić information content (AvgIpc) is 2.94. The van der Waals surface area contributed by atoms with E-state index in [1.807, 2.05) is 18.2 Å². The van der Waals surface area contributed by atoms with E-state index >= 15 is 0 Å². The van der Waals surface area contributed by atoms with Crippen LogP contribution in [0.2, 0.25) is 0 Å². The van der Waals surface area contributed by atoms with Crippen molar-refractivity contribution in [1.82, 2.24) is 15.0 Å². The molecule has 1 atom stereocenters. The summed E-state index contributed by atoms with van der Waals surface area (Å²) in [5.74, 6) is 7.03. The fourth-order valence-corrected chi connectivity index (χ4v) is 2.27. The van der Waals surface area contributed by atoms with Crippen molar-refractivity contribution < 1.29 is 9.47 Å². The van der Waals surface area contributed by atoms with Crippen LogP contribution in [-0.4, -0.2) is 23.8 Å². The van der Waals surface area contributed by atoms with Crippen LogP contribution in [0, 0.1) is 0 Å². The van der Waals surface area contributed by atoms with E-state index in [9.17, 15) is 0 Å². The van der Waals surface area contributed by atoms with E-state index in [2.05, 4.69) is 15.0 Å². The Hall–Kier alpha value is -1.70. The Morgan fingerprint density at radius 2 is 2.17 bits per heavy atom. The van der Waals surface area contributed by atoms with E-state index in [-0.39, 0.29) is 6.04 Å². The molecule has 1 aromatic heterocycles. The molecule has 1 heterocycles. The number of aromatic nitrogens is 2. The number of nitrogens with zero attached hydrogens (tertiary/aromatic N) is 2. The molecule has 0 spiro atoms. The van der Waals surface area contributed by atoms with Crippen LogP contribution in [0.4, 0.5) is 0 Å². The SMILES string of the molecule is COc1ccc(C(NN)c2cnns2)c(OC)c1. The van der Waals surface area contributed by atoms with Gasteiger partial charge in [0.1, 0.15) is 11.5 Å². The first-order chi connectivity index (χ1) is 8.80. The van der Waals surface area contributed by atoms with Gasteiger partial charge in [0.05, 0.1) is 31.3 Å². The molecular weight excluding hydrogens is 252 g/mol. The number of nitrogens with one attached hydrogen (secondary N) is 1. The third kappa shape index (κ3) is 2.42. The first kappa shape index (κ1) is 12.7. The number of hydrogen-bond donors (Lipinski definition) is 2. The smallest absolute Gasteiger partial charge is 0.127 e. The minimum atomic E-state index is -0.203. The van der Waals surface area contributed by atoms with Gasteiger partial charge in [0.2, 0.25) is 0 Å². The number of hydrazine groups is 1. The highest BCUT2D eigenvalue weighted by atomic mass is 32.1. The van der Waals surface area contributed by atoms with E-state index in [0.29, 0.717) is 5.75 Å². The van der Waals surface area contributed by atoms with Crippen molar-refractivity contribution in [1.29, 1.82) is 0 Å². The minimum absolute atomic E-state index is 0.203. The molecule has 0 radical (unpaired) electrons. The molecule has 1 unspecified atom stereocenters. The predicted octanol–water partition coefficient (Wildman–Crippen LogP) is 1.11. The van der Waals surface area contributed by atoms with Gasteiger partial charge < -0.3 is 9.47 Å². The van der Waals surface area contributed by atoms with Gasteiger partial charge in [-0.2, -0.15) is 0 Å². The molecule has 18 heavy (non-hydrogen) atoms. The molecular formula is C11H14N4O2S. The maximum Gasteiger partial charge on any atom is 0.127 e. The van der Waals surface area contributed by atoms with Crippen LogP contribution in [0.15, 0.2) is 24.4 Å². The van der Waals surface area contributed by atoms with Gasteiger partial charge >= 0.3 is 0 Å². The second-order valence-electron chi connectivity index (χ2n) is 3.53. The summed E-state index contributed by atoms with van der Waals surface area (Å²) in [7, 11) is 3.22. The normalized spacial score (nSPS) is 12.2. The Morgan fingerprint density at radius 1 is 1.33 bits per heavy atom. The predicted molar refractivity (Wildman–Crippen MR) is 68.6 cm³/mol. The monoisotopic (exact) mass is 266 g/mol. The Bertz CT molecular complexity index is 504. The zero-order chi connectivity index (χ0) is 13.0. The molecule has 3 N–H and O–H groups in total. The van der Waals surface area contributed by atoms with Crippen molar-refractivity contribution >= 4 is 11.5 Å². The summed E-state index contributed by atoms with van der Waals surface area (Å²) in [4.78, 5) is 0.918. The van der Waals surface area contributed by atoms with Crippen LogP contribution < -0.4 is 20.7 Å². The first-order valence-corrected chi connectivity index (χ1v) is 6.02. The fourth-order valence-electron chi connectivity index (χ4n) is 1.68. The van der Waals surface area contributed by atoms with Crippen LogP contribution in [0.25, 0.3) is 0 Å². The lowest BCUT2D eigenvalue weighted by molar-refractivity contribution is 0.388. The molecule has 0 aliphatic rings. The Kier molecular flexibility index (Phi) is 4.08. The van der Waals surface area contributed by atoms with Gasteiger partial charge in [-0.25, -0.2) is 5.43 Å². The maximum atomic E-state index is 5.60. The summed E-state index contributed by atoms with van der Waals surface area (Å²) >= 11 is 1.29. The average molecular weight is 266 g/mol. The van der Waals surface area contributed by atoms with Gasteiger partial charge in [-0.15, -0.1) is 5.10 Å². The largest absolute Gasteiger partial charge is 0.497 e. The summed E-state index contributed by atoms with van der Waals surface area (Å²) in [5, 5.41) is 3.81. The van der Waals surface area contributed by atoms with Gasteiger partial charge in [0.15, 0.2) is 0 Å². The van der Waals surface area contributed by atoms with Crippen molar-refractivity contribution in [3.8, 4) is 11.5 Å². The van der Waals surface area contributed by atoms with Gasteiger partial charge in [-0.05, 0) is 23.7 Å². The second kappa shape index (κ2) is 5.76. The summed E-state index contributed by atoms with van der Waals surface area (Å²) < 4.78 is 14.4. The van der Waals surface area contributed by atoms with E-state index in [0.717, 1.165) is 16.2 Å². The number of ether oxygens (including phenoxy) is 2. The third-order valence-corrected chi connectivity index (χ3v) is 3.31. The molecule has 2 rings (SSSR count). The standard InChI is InChI=1S/C11H14N4O2S/c1-16-7-3-4-8(9(5-7)17-2)11(14-12)10-6-13-15-18-10/h3-6,11,14H,12H2,1-2H3. The molecule has 1 aromatic carbocycles. The van der Waals surface area contributed by atoms with Crippen molar-refractivity contribution in [2.45, 2.75) is 6.04 Å². The Balaban J connectivity index is 2.42. The van der Waals surface area contributed by atoms with Crippen LogP contribution in [0.5, 0.6) is 11.5 Å². The van der Waals surface area contributed by atoms with Crippen LogP contribution in [0.3, 0.4) is 0 Å². The zero-order valence-electron chi connectivity index (χ0n) is 10.1. The van der Waals surface area contributed by atoms with Crippen molar-refractivity contribution in [3.05, 3.63) is 34.8 Å². The molecule has 0 aliphatic heterocycles. The number of rotatable bonds is 5. The second-order valence-corrected chi connectivity index (χ2v) is 4.34. The highest BCUT2D eigenvalue weighted by molar-refractivity contribution is 7.05. The lowest BCUT2D eigenvalue weighted by Crippen LogP contribution is -2.28. The molecule has 0 fully saturated rings. The van der Waals surface area contributed by atoms with Gasteiger partial charge in [-0.3, -0.25) is 5.84 Å². The molecule has 0 aliphatic carbocycles. The summed E-state index contributed by atoms with van der Waals surface area (Å²) in [6.45, 7) is 0. The van der Waals surface area contributed by atoms with Gasteiger partial charge in [-0.1, -0.05) is 4.49 Å². The van der Waals surface area contributed by atoms with Crippen LogP contribution >= 0.6 is 11.5 Å². The molecule has 2 aromatic rings. The molecule has 0 amide bonds. The number of benzene rings is 1. The molecule has 96 valence electrons. The summed E-state index contributed by atoms with van der Waals surface area (Å²) in [6.07, 6.45) is 1.68. The lowest BCUT2D eigenvalue weighted by atomic mass is 10.0. The lowest BCUT2D eigenvalue weighted by Gasteiger charge is -2.17. The van der Waals surface area contributed by atoms with E-state index in [1.165, 1.54) is 11.5 Å². The highest BCUT2D eigenvalue weighted by Gasteiger charge is 2.19. The van der Waals surface area contributed by atoms with E-state index < -0.39 is 0 Å². The maximum absolute atomic E-state index is 5.60. The summed E-state index contributed by atoms with van der Waals surface area (Å²) in [5.41, 5.74) is 3.65. The molecule has 7 heteroatoms. The molecule has 6 nitrogen and oxygen atoms in total. The highest BCUT2D eigenvalue weighted by Crippen LogP contribution is 2.33. The van der Waals surface area contributed by atoms with Gasteiger partial charge in [0, 0.05) is 11.6 Å². The summed E-state index contributed by atoms with van der Waals surface area (Å²) in [6, 6.07) is 5.37. The van der Waals surface area contributed by atoms with E-state index in [1.54, 1.807) is 20.4 Å². The topological polar surface area (TPSA) is 82.3 Å². The van der Waals surface area contributed by atoms with Crippen LogP contribution in [-0.2, 0) is 0 Å². The Labute approximate surface area is 109 Å². The first-order valence-electron chi connectivity index (χ1n) is 5.25. The fraction of sp³-hybridized carbons (Fsp3) is 0.273. The molecule has 0 bridgehead atoms. The van der Waals surface area contributed by atoms with E-state index in [4.69, 9.17) is 15.3 Å². The Morgan fingerprint density at radius 3 is 2.72 bits per heavy atom. The molecule has 0 saturated carbocycles. The molecule has 0 saturated heterocycles. The number of hydrogen-bond acceptors (Lipinski definition) is 7. The number of methoxy groups -OCH3 is 2. The van der Waals surface area contributed by atoms with Crippen molar-refractivity contribution in [2.24, 2.45) is 5.84 Å². The van der Waals surface area contributed by atoms with Crippen molar-refractivity contribution in [3.63, 3.8) is 0 Å². The third-order valence-electron chi connectivity index (χ3n) is 2.58.